The molecule has 0 heterocycles. The summed E-state index contributed by atoms with van der Waals surface area (Å²) in [5, 5.41) is 10.3. The van der Waals surface area contributed by atoms with Gasteiger partial charge in [0.05, 0.1) is 0 Å². The molecule has 0 unspecified atom stereocenters. The Kier molecular flexibility index (Phi) is 4.25. The summed E-state index contributed by atoms with van der Waals surface area (Å²) in [5.41, 5.74) is 5.05. The fraction of sp³-hybridized carbons (Fsp3) is 0. The summed E-state index contributed by atoms with van der Waals surface area (Å²) in [6.45, 7) is 0. The van der Waals surface area contributed by atoms with Crippen molar-refractivity contribution < 1.29 is 0 Å². The summed E-state index contributed by atoms with van der Waals surface area (Å²) in [5.74, 6) is 0. The van der Waals surface area contributed by atoms with E-state index in [0.29, 0.717) is 0 Å². The first-order chi connectivity index (χ1) is 16.8. The van der Waals surface area contributed by atoms with E-state index < -0.39 is 0 Å². The van der Waals surface area contributed by atoms with Gasteiger partial charge in [-0.15, -0.1) is 0 Å². The van der Waals surface area contributed by atoms with Gasteiger partial charge in [0.25, 0.3) is 0 Å². The lowest BCUT2D eigenvalue weighted by Gasteiger charge is -2.14. The number of fused-ring (bicyclic) bond motifs is 6. The molecular formula is C34H22. The molecular weight excluding hydrogens is 408 g/mol. The first-order valence-corrected chi connectivity index (χ1v) is 11.8. The summed E-state index contributed by atoms with van der Waals surface area (Å²) < 4.78 is 0. The minimum absolute atomic E-state index is 1.25. The lowest BCUT2D eigenvalue weighted by molar-refractivity contribution is 1.66. The van der Waals surface area contributed by atoms with Crippen LogP contribution >= 0.6 is 0 Å². The highest BCUT2D eigenvalue weighted by molar-refractivity contribution is 6.23. The Hall–Kier alpha value is -4.42. The molecule has 0 N–H and O–H groups in total. The van der Waals surface area contributed by atoms with Crippen LogP contribution in [0.3, 0.4) is 0 Å². The van der Waals surface area contributed by atoms with E-state index in [1.807, 2.05) is 0 Å². The molecule has 0 aliphatic heterocycles. The number of benzene rings is 7. The predicted octanol–water partition coefficient (Wildman–Crippen LogP) is 9.63. The molecule has 0 aliphatic carbocycles. The zero-order valence-electron chi connectivity index (χ0n) is 18.7. The van der Waals surface area contributed by atoms with Gasteiger partial charge in [0, 0.05) is 0 Å². The van der Waals surface area contributed by atoms with Gasteiger partial charge < -0.3 is 0 Å². The van der Waals surface area contributed by atoms with Gasteiger partial charge in [-0.2, -0.15) is 0 Å². The lowest BCUT2D eigenvalue weighted by atomic mass is 9.90. The quantitative estimate of drug-likeness (QED) is 0.239. The molecule has 158 valence electrons. The summed E-state index contributed by atoms with van der Waals surface area (Å²) in [7, 11) is 0. The molecule has 0 saturated carbocycles. The largest absolute Gasteiger partial charge is 0.0622 e. The maximum atomic E-state index is 2.35. The van der Waals surface area contributed by atoms with Crippen molar-refractivity contribution in [1.29, 1.82) is 0 Å². The van der Waals surface area contributed by atoms with Crippen molar-refractivity contribution in [3.63, 3.8) is 0 Å². The summed E-state index contributed by atoms with van der Waals surface area (Å²) in [6, 6.07) is 48.6. The van der Waals surface area contributed by atoms with Crippen molar-refractivity contribution in [2.75, 3.05) is 0 Å². The lowest BCUT2D eigenvalue weighted by Crippen LogP contribution is -1.87. The van der Waals surface area contributed by atoms with Gasteiger partial charge in [-0.3, -0.25) is 0 Å². The molecule has 0 spiro atoms. The summed E-state index contributed by atoms with van der Waals surface area (Å²) in [6.07, 6.45) is 0. The van der Waals surface area contributed by atoms with Crippen molar-refractivity contribution in [2.24, 2.45) is 0 Å². The van der Waals surface area contributed by atoms with Crippen LogP contribution < -0.4 is 0 Å². The van der Waals surface area contributed by atoms with E-state index in [1.165, 1.54) is 65.3 Å². The van der Waals surface area contributed by atoms with Gasteiger partial charge in [0.15, 0.2) is 0 Å². The molecule has 7 aromatic rings. The van der Waals surface area contributed by atoms with Gasteiger partial charge in [0.1, 0.15) is 0 Å². The van der Waals surface area contributed by atoms with Crippen LogP contribution in [-0.2, 0) is 0 Å². The molecule has 0 fully saturated rings. The summed E-state index contributed by atoms with van der Waals surface area (Å²) >= 11 is 0. The monoisotopic (exact) mass is 430 g/mol. The highest BCUT2D eigenvalue weighted by Gasteiger charge is 2.11. The van der Waals surface area contributed by atoms with Crippen LogP contribution in [0.2, 0.25) is 0 Å². The highest BCUT2D eigenvalue weighted by atomic mass is 14.1. The maximum Gasteiger partial charge on any atom is -0.00264 e. The zero-order valence-corrected chi connectivity index (χ0v) is 18.7. The van der Waals surface area contributed by atoms with Crippen LogP contribution in [0.1, 0.15) is 0 Å². The third-order valence-electron chi connectivity index (χ3n) is 7.01. The Morgan fingerprint density at radius 2 is 0.912 bits per heavy atom. The first-order valence-electron chi connectivity index (χ1n) is 11.8. The molecule has 0 aliphatic rings. The van der Waals surface area contributed by atoms with Gasteiger partial charge in [-0.25, -0.2) is 0 Å². The van der Waals surface area contributed by atoms with Crippen molar-refractivity contribution >= 4 is 43.1 Å². The number of rotatable bonds is 2. The second-order valence-electron chi connectivity index (χ2n) is 9.00. The highest BCUT2D eigenvalue weighted by Crippen LogP contribution is 2.39. The third kappa shape index (κ3) is 3.00. The number of hydrogen-bond donors (Lipinski definition) is 0. The van der Waals surface area contributed by atoms with E-state index in [-0.39, 0.29) is 0 Å². The number of hydrogen-bond acceptors (Lipinski definition) is 0. The molecule has 0 saturated heterocycles. The van der Waals surface area contributed by atoms with E-state index >= 15 is 0 Å². The van der Waals surface area contributed by atoms with Crippen molar-refractivity contribution in [3.05, 3.63) is 133 Å². The molecule has 0 radical (unpaired) electrons. The van der Waals surface area contributed by atoms with Gasteiger partial charge in [-0.05, 0) is 83.5 Å². The molecule has 7 rings (SSSR count). The predicted molar refractivity (Wildman–Crippen MR) is 147 cm³/mol. The Bertz CT molecular complexity index is 1840. The van der Waals surface area contributed by atoms with E-state index in [2.05, 4.69) is 133 Å². The van der Waals surface area contributed by atoms with Crippen molar-refractivity contribution in [3.8, 4) is 22.3 Å². The third-order valence-corrected chi connectivity index (χ3v) is 7.01. The Balaban J connectivity index is 1.47. The van der Waals surface area contributed by atoms with Crippen LogP contribution in [0.25, 0.3) is 65.3 Å². The van der Waals surface area contributed by atoms with E-state index in [9.17, 15) is 0 Å². The van der Waals surface area contributed by atoms with E-state index in [1.54, 1.807) is 0 Å². The normalized spacial score (nSPS) is 11.5. The molecule has 0 amide bonds. The molecule has 34 heavy (non-hydrogen) atoms. The molecule has 0 atom stereocenters. The summed E-state index contributed by atoms with van der Waals surface area (Å²) in [4.78, 5) is 0. The fourth-order valence-corrected chi connectivity index (χ4v) is 5.34. The van der Waals surface area contributed by atoms with Gasteiger partial charge >= 0.3 is 0 Å². The Labute approximate surface area is 198 Å². The van der Waals surface area contributed by atoms with E-state index in [0.717, 1.165) is 0 Å². The van der Waals surface area contributed by atoms with Crippen LogP contribution in [0.15, 0.2) is 133 Å². The second-order valence-corrected chi connectivity index (χ2v) is 9.00. The topological polar surface area (TPSA) is 0 Å². The molecule has 0 nitrogen and oxygen atoms in total. The molecule has 0 heteroatoms. The minimum Gasteiger partial charge on any atom is -0.0622 e. The fourth-order valence-electron chi connectivity index (χ4n) is 5.34. The average molecular weight is 431 g/mol. The van der Waals surface area contributed by atoms with Crippen LogP contribution in [0.4, 0.5) is 0 Å². The first kappa shape index (κ1) is 19.1. The SMILES string of the molecule is c1ccc(-c2cc3ccc4cc(-c5ccc6ccccc6c5)ccc4c3c3ccccc23)cc1. The van der Waals surface area contributed by atoms with Crippen LogP contribution in [0.5, 0.6) is 0 Å². The smallest absolute Gasteiger partial charge is 0.00264 e. The van der Waals surface area contributed by atoms with Crippen LogP contribution in [0, 0.1) is 0 Å². The maximum absolute atomic E-state index is 2.35. The Morgan fingerprint density at radius 3 is 1.76 bits per heavy atom. The zero-order chi connectivity index (χ0) is 22.5. The second kappa shape index (κ2) is 7.57. The van der Waals surface area contributed by atoms with E-state index in [4.69, 9.17) is 0 Å². The molecule has 0 bridgehead atoms. The van der Waals surface area contributed by atoms with Gasteiger partial charge in [0.2, 0.25) is 0 Å². The molecule has 0 aromatic heterocycles. The standard InChI is InChI=1S/C34H22/c1-2-9-24(10-3-1)33-22-29-17-16-28-21-27(26-15-14-23-8-4-5-11-25(23)20-26)18-19-30(28)34(29)32-13-7-6-12-31(32)33/h1-22H. The van der Waals surface area contributed by atoms with Gasteiger partial charge in [-0.1, -0.05) is 115 Å². The molecule has 7 aromatic carbocycles. The minimum atomic E-state index is 1.25. The van der Waals surface area contributed by atoms with Crippen LogP contribution in [-0.4, -0.2) is 0 Å². The van der Waals surface area contributed by atoms with Crippen molar-refractivity contribution in [1.82, 2.24) is 0 Å². The Morgan fingerprint density at radius 1 is 0.294 bits per heavy atom. The average Bonchev–Trinajstić information content (AvgIpc) is 2.92. The van der Waals surface area contributed by atoms with Crippen molar-refractivity contribution in [2.45, 2.75) is 0 Å².